The van der Waals surface area contributed by atoms with Gasteiger partial charge in [-0.25, -0.2) is 14.2 Å². The fourth-order valence-corrected chi connectivity index (χ4v) is 3.02. The molecule has 0 bridgehead atoms. The van der Waals surface area contributed by atoms with E-state index >= 15 is 4.39 Å². The van der Waals surface area contributed by atoms with Gasteiger partial charge in [-0.1, -0.05) is 12.1 Å². The molecule has 7 heteroatoms. The minimum absolute atomic E-state index is 0.195. The lowest BCUT2D eigenvalue weighted by Gasteiger charge is -2.13. The Morgan fingerprint density at radius 2 is 1.89 bits per heavy atom. The molecule has 28 heavy (non-hydrogen) atoms. The molecular weight excluding hydrogens is 359 g/mol. The highest BCUT2D eigenvalue weighted by atomic mass is 19.1. The van der Waals surface area contributed by atoms with E-state index in [2.05, 4.69) is 20.9 Å². The lowest BCUT2D eigenvalue weighted by atomic mass is 9.97. The second kappa shape index (κ2) is 8.04. The Kier molecular flexibility index (Phi) is 5.54. The average Bonchev–Trinajstić information content (AvgIpc) is 2.64. The number of benzene rings is 2. The standard InChI is InChI=1S/C21H21FN4O2/c1-4-23-21(28)26-19-10-17-18(11-24-19)12(2)8-16(20(17)22)14-6-5-7-15(9-14)25-13(3)27/h5-11H,4H2,1-3H3,(H,25,27)(H2,23,24,26,28). The van der Waals surface area contributed by atoms with E-state index in [9.17, 15) is 9.59 Å². The van der Waals surface area contributed by atoms with Crippen LogP contribution in [0, 0.1) is 12.7 Å². The molecule has 144 valence electrons. The Labute approximate surface area is 162 Å². The van der Waals surface area contributed by atoms with Crippen LogP contribution in [0.3, 0.4) is 0 Å². The van der Waals surface area contributed by atoms with Crippen molar-refractivity contribution in [3.63, 3.8) is 0 Å². The number of anilines is 2. The van der Waals surface area contributed by atoms with Gasteiger partial charge in [-0.3, -0.25) is 10.1 Å². The molecule has 1 heterocycles. The van der Waals surface area contributed by atoms with Crippen molar-refractivity contribution in [3.8, 4) is 11.1 Å². The highest BCUT2D eigenvalue weighted by Crippen LogP contribution is 2.33. The summed E-state index contributed by atoms with van der Waals surface area (Å²) in [7, 11) is 0. The Hall–Kier alpha value is -3.48. The number of urea groups is 1. The highest BCUT2D eigenvalue weighted by molar-refractivity contribution is 5.95. The van der Waals surface area contributed by atoms with Crippen LogP contribution in [-0.2, 0) is 4.79 Å². The number of amides is 3. The Balaban J connectivity index is 2.08. The first-order chi connectivity index (χ1) is 13.4. The SMILES string of the molecule is CCNC(=O)Nc1cc2c(F)c(-c3cccc(NC(C)=O)c3)cc(C)c2cn1. The number of hydrogen-bond acceptors (Lipinski definition) is 3. The van der Waals surface area contributed by atoms with Crippen LogP contribution in [0.25, 0.3) is 21.9 Å². The number of fused-ring (bicyclic) bond motifs is 1. The smallest absolute Gasteiger partial charge is 0.320 e. The molecule has 0 spiro atoms. The first kappa shape index (κ1) is 19.3. The molecule has 3 N–H and O–H groups in total. The number of nitrogens with one attached hydrogen (secondary N) is 3. The van der Waals surface area contributed by atoms with Gasteiger partial charge < -0.3 is 10.6 Å². The molecule has 0 aliphatic carbocycles. The quantitative estimate of drug-likeness (QED) is 0.625. The molecule has 3 amide bonds. The minimum Gasteiger partial charge on any atom is -0.338 e. The molecular formula is C21H21FN4O2. The zero-order chi connectivity index (χ0) is 20.3. The van der Waals surface area contributed by atoms with Crippen molar-refractivity contribution >= 4 is 34.2 Å². The summed E-state index contributed by atoms with van der Waals surface area (Å²) >= 11 is 0. The Morgan fingerprint density at radius 1 is 1.11 bits per heavy atom. The van der Waals surface area contributed by atoms with E-state index in [1.54, 1.807) is 43.5 Å². The molecule has 3 aromatic rings. The van der Waals surface area contributed by atoms with Crippen LogP contribution in [0.4, 0.5) is 20.7 Å². The van der Waals surface area contributed by atoms with Crippen molar-refractivity contribution < 1.29 is 14.0 Å². The van der Waals surface area contributed by atoms with Crippen molar-refractivity contribution in [1.82, 2.24) is 10.3 Å². The molecule has 1 aromatic heterocycles. The summed E-state index contributed by atoms with van der Waals surface area (Å²) in [6, 6.07) is 9.88. The molecule has 0 saturated carbocycles. The number of aryl methyl sites for hydroxylation is 1. The predicted molar refractivity (Wildman–Crippen MR) is 109 cm³/mol. The monoisotopic (exact) mass is 380 g/mol. The summed E-state index contributed by atoms with van der Waals surface area (Å²) < 4.78 is 15.4. The van der Waals surface area contributed by atoms with Crippen LogP contribution >= 0.6 is 0 Å². The first-order valence-corrected chi connectivity index (χ1v) is 8.90. The van der Waals surface area contributed by atoms with Gasteiger partial charge in [0.15, 0.2) is 0 Å². The van der Waals surface area contributed by atoms with E-state index in [-0.39, 0.29) is 11.7 Å². The number of carbonyl (C=O) groups is 2. The van der Waals surface area contributed by atoms with Gasteiger partial charge in [-0.2, -0.15) is 0 Å². The second-order valence-corrected chi connectivity index (χ2v) is 6.42. The van der Waals surface area contributed by atoms with Crippen molar-refractivity contribution in [2.24, 2.45) is 0 Å². The number of carbonyl (C=O) groups excluding carboxylic acids is 2. The summed E-state index contributed by atoms with van der Waals surface area (Å²) in [5.41, 5.74) is 2.50. The first-order valence-electron chi connectivity index (χ1n) is 8.90. The maximum absolute atomic E-state index is 15.4. The van der Waals surface area contributed by atoms with E-state index in [1.807, 2.05) is 6.92 Å². The van der Waals surface area contributed by atoms with Crippen LogP contribution in [-0.4, -0.2) is 23.5 Å². The predicted octanol–water partition coefficient (Wildman–Crippen LogP) is 4.45. The van der Waals surface area contributed by atoms with Gasteiger partial charge in [0.2, 0.25) is 5.91 Å². The van der Waals surface area contributed by atoms with E-state index < -0.39 is 11.8 Å². The fourth-order valence-electron chi connectivity index (χ4n) is 3.02. The van der Waals surface area contributed by atoms with Crippen LogP contribution < -0.4 is 16.0 Å². The third-order valence-corrected chi connectivity index (χ3v) is 4.24. The summed E-state index contributed by atoms with van der Waals surface area (Å²) in [6.45, 7) is 5.57. The van der Waals surface area contributed by atoms with E-state index in [4.69, 9.17) is 0 Å². The number of halogens is 1. The summed E-state index contributed by atoms with van der Waals surface area (Å²) in [5, 5.41) is 8.94. The van der Waals surface area contributed by atoms with Gasteiger partial charge in [0.1, 0.15) is 11.6 Å². The molecule has 0 saturated heterocycles. The van der Waals surface area contributed by atoms with Gasteiger partial charge >= 0.3 is 6.03 Å². The van der Waals surface area contributed by atoms with Crippen molar-refractivity contribution in [3.05, 3.63) is 54.0 Å². The van der Waals surface area contributed by atoms with Crippen LogP contribution in [0.2, 0.25) is 0 Å². The van der Waals surface area contributed by atoms with Gasteiger partial charge in [-0.05, 0) is 49.2 Å². The molecule has 0 aliphatic rings. The lowest BCUT2D eigenvalue weighted by molar-refractivity contribution is -0.114. The van der Waals surface area contributed by atoms with Gasteiger partial charge in [-0.15, -0.1) is 0 Å². The van der Waals surface area contributed by atoms with E-state index in [0.29, 0.717) is 34.1 Å². The van der Waals surface area contributed by atoms with E-state index in [1.165, 1.54) is 13.0 Å². The minimum atomic E-state index is -0.415. The van der Waals surface area contributed by atoms with Crippen LogP contribution in [0.5, 0.6) is 0 Å². The van der Waals surface area contributed by atoms with Gasteiger partial charge in [0, 0.05) is 41.7 Å². The molecule has 0 aliphatic heterocycles. The average molecular weight is 380 g/mol. The molecule has 0 atom stereocenters. The molecule has 3 rings (SSSR count). The molecule has 2 aromatic carbocycles. The molecule has 0 unspecified atom stereocenters. The number of hydrogen-bond donors (Lipinski definition) is 3. The van der Waals surface area contributed by atoms with Crippen molar-refractivity contribution in [2.45, 2.75) is 20.8 Å². The van der Waals surface area contributed by atoms with Gasteiger partial charge in [0.05, 0.1) is 0 Å². The largest absolute Gasteiger partial charge is 0.338 e. The zero-order valence-electron chi connectivity index (χ0n) is 15.9. The van der Waals surface area contributed by atoms with Gasteiger partial charge in [0.25, 0.3) is 0 Å². The number of aromatic nitrogens is 1. The topological polar surface area (TPSA) is 83.1 Å². The number of rotatable bonds is 4. The highest BCUT2D eigenvalue weighted by Gasteiger charge is 2.14. The normalized spacial score (nSPS) is 10.6. The summed E-state index contributed by atoms with van der Waals surface area (Å²) in [6.07, 6.45) is 1.55. The molecule has 6 nitrogen and oxygen atoms in total. The lowest BCUT2D eigenvalue weighted by Crippen LogP contribution is -2.28. The summed E-state index contributed by atoms with van der Waals surface area (Å²) in [5.74, 6) is -0.345. The zero-order valence-corrected chi connectivity index (χ0v) is 15.9. The number of nitrogens with zero attached hydrogens (tertiary/aromatic N) is 1. The Morgan fingerprint density at radius 3 is 2.61 bits per heavy atom. The van der Waals surface area contributed by atoms with Crippen molar-refractivity contribution in [1.29, 1.82) is 0 Å². The molecule has 0 radical (unpaired) electrons. The molecule has 0 fully saturated rings. The number of pyridine rings is 1. The Bertz CT molecular complexity index is 1070. The third kappa shape index (κ3) is 4.09. The maximum Gasteiger partial charge on any atom is 0.320 e. The van der Waals surface area contributed by atoms with Crippen LogP contribution in [0.1, 0.15) is 19.4 Å². The van der Waals surface area contributed by atoms with Crippen molar-refractivity contribution in [2.75, 3.05) is 17.2 Å². The second-order valence-electron chi connectivity index (χ2n) is 6.42. The fraction of sp³-hybridized carbons (Fsp3) is 0.190. The van der Waals surface area contributed by atoms with E-state index in [0.717, 1.165) is 5.56 Å². The maximum atomic E-state index is 15.4. The third-order valence-electron chi connectivity index (χ3n) is 4.24. The van der Waals surface area contributed by atoms with Crippen LogP contribution in [0.15, 0.2) is 42.6 Å². The summed E-state index contributed by atoms with van der Waals surface area (Å²) in [4.78, 5) is 27.2.